The largest absolute Gasteiger partial charge is 0.332 e. The van der Waals surface area contributed by atoms with Crippen LogP contribution in [0.15, 0.2) is 29.3 Å². The first-order valence-electron chi connectivity index (χ1n) is 7.97. The first-order chi connectivity index (χ1) is 10.3. The molecule has 0 aliphatic carbocycles. The third-order valence-electron chi connectivity index (χ3n) is 5.79. The summed E-state index contributed by atoms with van der Waals surface area (Å²) in [5.41, 5.74) is 2.94. The van der Waals surface area contributed by atoms with Crippen LogP contribution in [0.1, 0.15) is 17.5 Å². The second kappa shape index (κ2) is 4.17. The van der Waals surface area contributed by atoms with E-state index in [2.05, 4.69) is 20.9 Å². The van der Waals surface area contributed by atoms with Crippen molar-refractivity contribution in [3.05, 3.63) is 35.4 Å². The molecule has 5 heterocycles. The fourth-order valence-electron chi connectivity index (χ4n) is 4.80. The zero-order valence-electron chi connectivity index (χ0n) is 12.0. The molecule has 0 aromatic heterocycles. The maximum atomic E-state index is 13.0. The van der Waals surface area contributed by atoms with Crippen LogP contribution < -0.4 is 0 Å². The van der Waals surface area contributed by atoms with E-state index >= 15 is 0 Å². The van der Waals surface area contributed by atoms with Crippen molar-refractivity contribution < 1.29 is 4.79 Å². The fraction of sp³-hybridized carbons (Fsp3) is 0.529. The highest BCUT2D eigenvalue weighted by molar-refractivity contribution is 6.46. The molecule has 5 aliphatic rings. The minimum atomic E-state index is 0.168. The average Bonchev–Trinajstić information content (AvgIpc) is 3.06. The van der Waals surface area contributed by atoms with Crippen molar-refractivity contribution in [2.45, 2.75) is 19.0 Å². The number of aliphatic imine (C=N–C) groups is 1. The summed E-state index contributed by atoms with van der Waals surface area (Å²) in [6, 6.07) is 8.58. The van der Waals surface area contributed by atoms with E-state index in [4.69, 9.17) is 0 Å². The Kier molecular flexibility index (Phi) is 2.37. The van der Waals surface area contributed by atoms with Gasteiger partial charge in [-0.05, 0) is 30.4 Å². The standard InChI is InChI=1S/C17H19N3O/c21-17(16-14-4-2-1-3-11(14)7-18-16)20-9-12-8-19-6-5-13(12)15(20)10-19/h1-4,12-13,15H,5-10H2. The summed E-state index contributed by atoms with van der Waals surface area (Å²) in [6.45, 7) is 5.08. The van der Waals surface area contributed by atoms with Gasteiger partial charge in [-0.2, -0.15) is 0 Å². The number of carbonyl (C=O) groups is 1. The van der Waals surface area contributed by atoms with Gasteiger partial charge < -0.3 is 9.80 Å². The number of nitrogens with zero attached hydrogens (tertiary/aromatic N) is 3. The predicted molar refractivity (Wildman–Crippen MR) is 80.2 cm³/mol. The van der Waals surface area contributed by atoms with Gasteiger partial charge >= 0.3 is 0 Å². The summed E-state index contributed by atoms with van der Waals surface area (Å²) >= 11 is 0. The van der Waals surface area contributed by atoms with Gasteiger partial charge in [-0.1, -0.05) is 24.3 Å². The van der Waals surface area contributed by atoms with E-state index in [1.807, 2.05) is 18.2 Å². The van der Waals surface area contributed by atoms with E-state index in [-0.39, 0.29) is 5.91 Å². The van der Waals surface area contributed by atoms with Crippen LogP contribution in [-0.4, -0.2) is 53.6 Å². The minimum Gasteiger partial charge on any atom is -0.332 e. The topological polar surface area (TPSA) is 35.9 Å². The van der Waals surface area contributed by atoms with Gasteiger partial charge in [0.05, 0.1) is 6.54 Å². The molecule has 0 spiro atoms. The first-order valence-corrected chi connectivity index (χ1v) is 7.97. The molecule has 21 heavy (non-hydrogen) atoms. The van der Waals surface area contributed by atoms with Crippen LogP contribution in [0.3, 0.4) is 0 Å². The van der Waals surface area contributed by atoms with E-state index in [9.17, 15) is 4.79 Å². The molecule has 4 fully saturated rings. The normalized spacial score (nSPS) is 35.8. The number of fused-ring (bicyclic) bond motifs is 2. The Morgan fingerprint density at radius 2 is 2.10 bits per heavy atom. The zero-order valence-corrected chi connectivity index (χ0v) is 12.0. The average molecular weight is 281 g/mol. The summed E-state index contributed by atoms with van der Waals surface area (Å²) in [7, 11) is 0. The zero-order chi connectivity index (χ0) is 14.0. The number of hydrogen-bond donors (Lipinski definition) is 0. The molecular weight excluding hydrogens is 262 g/mol. The molecular formula is C17H19N3O. The summed E-state index contributed by atoms with van der Waals surface area (Å²) in [5.74, 6) is 1.59. The van der Waals surface area contributed by atoms with Gasteiger partial charge in [0.1, 0.15) is 5.71 Å². The maximum Gasteiger partial charge on any atom is 0.272 e. The number of piperidine rings is 3. The van der Waals surface area contributed by atoms with Crippen LogP contribution in [0.2, 0.25) is 0 Å². The van der Waals surface area contributed by atoms with Gasteiger partial charge in [0.25, 0.3) is 5.91 Å². The molecule has 1 amide bonds. The van der Waals surface area contributed by atoms with Gasteiger partial charge in [-0.25, -0.2) is 0 Å². The Morgan fingerprint density at radius 3 is 2.95 bits per heavy atom. The van der Waals surface area contributed by atoms with Gasteiger partial charge in [0.2, 0.25) is 0 Å². The molecule has 1 aromatic carbocycles. The van der Waals surface area contributed by atoms with E-state index in [0.717, 1.165) is 24.6 Å². The Labute approximate surface area is 124 Å². The smallest absolute Gasteiger partial charge is 0.272 e. The van der Waals surface area contributed by atoms with Gasteiger partial charge in [0.15, 0.2) is 0 Å². The SMILES string of the molecule is O=C(C1=NCc2ccccc21)N1CC2CN3CCC2C1C3. The Hall–Kier alpha value is -1.68. The quantitative estimate of drug-likeness (QED) is 0.774. The van der Waals surface area contributed by atoms with Gasteiger partial charge in [0, 0.05) is 31.2 Å². The second-order valence-electron chi connectivity index (χ2n) is 6.82. The van der Waals surface area contributed by atoms with Crippen LogP contribution >= 0.6 is 0 Å². The highest BCUT2D eigenvalue weighted by Gasteiger charge is 2.51. The first kappa shape index (κ1) is 11.9. The lowest BCUT2D eigenvalue weighted by Gasteiger charge is -2.44. The lowest BCUT2D eigenvalue weighted by Crippen LogP contribution is -2.54. The molecule has 0 radical (unpaired) electrons. The molecule has 4 unspecified atom stereocenters. The van der Waals surface area contributed by atoms with Crippen LogP contribution in [-0.2, 0) is 11.3 Å². The van der Waals surface area contributed by atoms with Gasteiger partial charge in [-0.15, -0.1) is 0 Å². The monoisotopic (exact) mass is 281 g/mol. The van der Waals surface area contributed by atoms with Crippen LogP contribution in [0, 0.1) is 11.8 Å². The van der Waals surface area contributed by atoms with Crippen molar-refractivity contribution in [2.24, 2.45) is 16.8 Å². The molecule has 4 atom stereocenters. The third-order valence-corrected chi connectivity index (χ3v) is 5.79. The van der Waals surface area contributed by atoms with Crippen molar-refractivity contribution in [1.82, 2.24) is 9.80 Å². The van der Waals surface area contributed by atoms with Crippen LogP contribution in [0.4, 0.5) is 0 Å². The van der Waals surface area contributed by atoms with E-state index in [1.54, 1.807) is 0 Å². The summed E-state index contributed by atoms with van der Waals surface area (Å²) in [6.07, 6.45) is 1.27. The number of carbonyl (C=O) groups excluding carboxylic acids is 1. The molecule has 6 rings (SSSR count). The van der Waals surface area contributed by atoms with Crippen LogP contribution in [0.5, 0.6) is 0 Å². The Balaban J connectivity index is 1.46. The molecule has 108 valence electrons. The summed E-state index contributed by atoms with van der Waals surface area (Å²) in [4.78, 5) is 22.2. The highest BCUT2D eigenvalue weighted by Crippen LogP contribution is 2.41. The molecule has 5 aliphatic heterocycles. The van der Waals surface area contributed by atoms with Crippen LogP contribution in [0.25, 0.3) is 0 Å². The highest BCUT2D eigenvalue weighted by atomic mass is 16.2. The third kappa shape index (κ3) is 1.59. The van der Waals surface area contributed by atoms with Gasteiger partial charge in [-0.3, -0.25) is 9.79 Å². The van der Waals surface area contributed by atoms with Crippen molar-refractivity contribution in [3.8, 4) is 0 Å². The number of amides is 1. The number of rotatable bonds is 1. The Morgan fingerprint density at radius 1 is 1.19 bits per heavy atom. The lowest BCUT2D eigenvalue weighted by molar-refractivity contribution is -0.125. The summed E-state index contributed by atoms with van der Waals surface area (Å²) < 4.78 is 0. The molecule has 4 nitrogen and oxygen atoms in total. The predicted octanol–water partition coefficient (Wildman–Crippen LogP) is 1.15. The maximum absolute atomic E-state index is 13.0. The minimum absolute atomic E-state index is 0.168. The van der Waals surface area contributed by atoms with E-state index in [1.165, 1.54) is 25.1 Å². The van der Waals surface area contributed by atoms with E-state index < -0.39 is 0 Å². The van der Waals surface area contributed by atoms with E-state index in [0.29, 0.717) is 24.2 Å². The van der Waals surface area contributed by atoms with Crippen molar-refractivity contribution in [1.29, 1.82) is 0 Å². The number of hydrogen-bond acceptors (Lipinski definition) is 3. The lowest BCUT2D eigenvalue weighted by atomic mass is 9.80. The van der Waals surface area contributed by atoms with Crippen molar-refractivity contribution in [3.63, 3.8) is 0 Å². The molecule has 4 bridgehead atoms. The molecule has 4 heteroatoms. The fourth-order valence-corrected chi connectivity index (χ4v) is 4.80. The molecule has 4 saturated heterocycles. The Bertz CT molecular complexity index is 653. The second-order valence-corrected chi connectivity index (χ2v) is 6.82. The molecule has 0 saturated carbocycles. The molecule has 1 aromatic rings. The van der Waals surface area contributed by atoms with Crippen molar-refractivity contribution >= 4 is 11.6 Å². The summed E-state index contributed by atoms with van der Waals surface area (Å²) in [5, 5.41) is 0. The van der Waals surface area contributed by atoms with Crippen molar-refractivity contribution in [2.75, 3.05) is 26.2 Å². The number of benzene rings is 1. The number of likely N-dealkylation sites (tertiary alicyclic amines) is 1. The molecule has 0 N–H and O–H groups in total.